The van der Waals surface area contributed by atoms with Crippen molar-refractivity contribution in [3.8, 4) is 0 Å². The molecule has 0 spiro atoms. The molecule has 0 radical (unpaired) electrons. The summed E-state index contributed by atoms with van der Waals surface area (Å²) in [7, 11) is 0. The fourth-order valence-electron chi connectivity index (χ4n) is 1.15. The van der Waals surface area contributed by atoms with Crippen LogP contribution in [0, 0.1) is 10.1 Å². The van der Waals surface area contributed by atoms with Gasteiger partial charge in [0, 0.05) is 12.1 Å². The number of benzene rings is 1. The van der Waals surface area contributed by atoms with Gasteiger partial charge in [-0.2, -0.15) is 0 Å². The van der Waals surface area contributed by atoms with Crippen LogP contribution in [0.5, 0.6) is 0 Å². The Morgan fingerprint density at radius 1 is 1.33 bits per heavy atom. The molecule has 2 rings (SSSR count). The Balaban J connectivity index is 2.32. The van der Waals surface area contributed by atoms with Gasteiger partial charge in [-0.15, -0.1) is 0 Å². The molecule has 0 saturated heterocycles. The molecule has 0 aliphatic heterocycles. The molecule has 0 atom stereocenters. The third kappa shape index (κ3) is 1.93. The van der Waals surface area contributed by atoms with E-state index in [0.717, 1.165) is 0 Å². The highest BCUT2D eigenvalue weighted by Gasteiger charge is 2.12. The average Bonchev–Trinajstić information content (AvgIpc) is 2.71. The maximum absolute atomic E-state index is 10.7. The first-order chi connectivity index (χ1) is 7.27. The van der Waals surface area contributed by atoms with Crippen molar-refractivity contribution in [1.82, 2.24) is 5.16 Å². The van der Waals surface area contributed by atoms with Gasteiger partial charge in [-0.05, 0) is 6.07 Å². The molecule has 76 valence electrons. The van der Waals surface area contributed by atoms with E-state index in [4.69, 9.17) is 0 Å². The Bertz CT molecular complexity index is 467. The van der Waals surface area contributed by atoms with Crippen molar-refractivity contribution in [3.63, 3.8) is 0 Å². The first kappa shape index (κ1) is 9.20. The first-order valence-corrected chi connectivity index (χ1v) is 4.18. The van der Waals surface area contributed by atoms with Crippen LogP contribution in [0.25, 0.3) is 0 Å². The second kappa shape index (κ2) is 3.79. The predicted molar refractivity (Wildman–Crippen MR) is 52.9 cm³/mol. The minimum Gasteiger partial charge on any atom is -0.363 e. The van der Waals surface area contributed by atoms with Crippen molar-refractivity contribution in [3.05, 3.63) is 46.7 Å². The summed E-state index contributed by atoms with van der Waals surface area (Å²) in [4.78, 5) is 10.2. The normalized spacial score (nSPS) is 9.87. The monoisotopic (exact) mass is 205 g/mol. The number of rotatable bonds is 3. The van der Waals surface area contributed by atoms with Gasteiger partial charge >= 0.3 is 0 Å². The van der Waals surface area contributed by atoms with Crippen LogP contribution in [0.1, 0.15) is 0 Å². The molecule has 0 unspecified atom stereocenters. The summed E-state index contributed by atoms with van der Waals surface area (Å²) in [6.45, 7) is 0. The summed E-state index contributed by atoms with van der Waals surface area (Å²) in [5.74, 6) is 0.435. The molecule has 0 amide bonds. The van der Waals surface area contributed by atoms with Gasteiger partial charge in [-0.1, -0.05) is 17.3 Å². The first-order valence-electron chi connectivity index (χ1n) is 4.18. The maximum atomic E-state index is 10.7. The van der Waals surface area contributed by atoms with Gasteiger partial charge < -0.3 is 9.84 Å². The standard InChI is InChI=1S/C9H7N3O3/c13-12(14)8-4-2-1-3-7(8)10-9-5-6-15-11-9/h1-6H,(H,10,11). The van der Waals surface area contributed by atoms with Crippen LogP contribution in [0.4, 0.5) is 17.2 Å². The zero-order valence-corrected chi connectivity index (χ0v) is 7.58. The highest BCUT2D eigenvalue weighted by Crippen LogP contribution is 2.25. The van der Waals surface area contributed by atoms with Crippen LogP contribution in [0.2, 0.25) is 0 Å². The van der Waals surface area contributed by atoms with E-state index in [2.05, 4.69) is 15.0 Å². The van der Waals surface area contributed by atoms with Crippen molar-refractivity contribution >= 4 is 17.2 Å². The predicted octanol–water partition coefficient (Wildman–Crippen LogP) is 2.33. The Labute approximate surface area is 84.7 Å². The Morgan fingerprint density at radius 3 is 2.80 bits per heavy atom. The van der Waals surface area contributed by atoms with E-state index in [-0.39, 0.29) is 5.69 Å². The molecule has 1 aromatic heterocycles. The van der Waals surface area contributed by atoms with Crippen LogP contribution < -0.4 is 5.32 Å². The molecule has 1 aromatic carbocycles. The number of aromatic nitrogens is 1. The Morgan fingerprint density at radius 2 is 2.13 bits per heavy atom. The van der Waals surface area contributed by atoms with Gasteiger partial charge in [0.25, 0.3) is 5.69 Å². The van der Waals surface area contributed by atoms with E-state index in [1.807, 2.05) is 0 Å². The van der Waals surface area contributed by atoms with Gasteiger partial charge in [0.15, 0.2) is 5.82 Å². The van der Waals surface area contributed by atoms with Crippen LogP contribution in [-0.4, -0.2) is 10.1 Å². The third-order valence-electron chi connectivity index (χ3n) is 1.80. The second-order valence-electron chi connectivity index (χ2n) is 2.78. The quantitative estimate of drug-likeness (QED) is 0.614. The van der Waals surface area contributed by atoms with Crippen LogP contribution in [0.3, 0.4) is 0 Å². The molecule has 6 nitrogen and oxygen atoms in total. The summed E-state index contributed by atoms with van der Waals surface area (Å²) in [6, 6.07) is 7.91. The molecule has 0 bridgehead atoms. The number of nitro groups is 1. The van der Waals surface area contributed by atoms with E-state index < -0.39 is 4.92 Å². The fourth-order valence-corrected chi connectivity index (χ4v) is 1.15. The zero-order chi connectivity index (χ0) is 10.7. The number of para-hydroxylation sites is 2. The Hall–Kier alpha value is -2.37. The smallest absolute Gasteiger partial charge is 0.292 e. The summed E-state index contributed by atoms with van der Waals surface area (Å²) < 4.78 is 4.60. The Kier molecular flexibility index (Phi) is 2.32. The van der Waals surface area contributed by atoms with Gasteiger partial charge in [0.05, 0.1) is 4.92 Å². The van der Waals surface area contributed by atoms with Crippen molar-refractivity contribution in [2.24, 2.45) is 0 Å². The molecule has 1 N–H and O–H groups in total. The van der Waals surface area contributed by atoms with E-state index in [1.54, 1.807) is 24.3 Å². The van der Waals surface area contributed by atoms with E-state index >= 15 is 0 Å². The van der Waals surface area contributed by atoms with Crippen molar-refractivity contribution in [2.75, 3.05) is 5.32 Å². The lowest BCUT2D eigenvalue weighted by Gasteiger charge is -2.02. The summed E-state index contributed by atoms with van der Waals surface area (Å²) in [5.41, 5.74) is 0.386. The summed E-state index contributed by atoms with van der Waals surface area (Å²) in [5, 5.41) is 17.1. The molecule has 2 aromatic rings. The molecule has 0 aliphatic carbocycles. The van der Waals surface area contributed by atoms with Crippen LogP contribution in [-0.2, 0) is 0 Å². The van der Waals surface area contributed by atoms with Crippen molar-refractivity contribution < 1.29 is 9.45 Å². The largest absolute Gasteiger partial charge is 0.363 e. The lowest BCUT2D eigenvalue weighted by Crippen LogP contribution is -1.96. The van der Waals surface area contributed by atoms with Gasteiger partial charge in [-0.25, -0.2) is 0 Å². The van der Waals surface area contributed by atoms with Gasteiger partial charge in [0.1, 0.15) is 12.0 Å². The summed E-state index contributed by atoms with van der Waals surface area (Å²) in [6.07, 6.45) is 1.39. The number of hydrogen-bond donors (Lipinski definition) is 1. The van der Waals surface area contributed by atoms with Crippen molar-refractivity contribution in [1.29, 1.82) is 0 Å². The molecular weight excluding hydrogens is 198 g/mol. The number of nitrogens with zero attached hydrogens (tertiary/aromatic N) is 2. The lowest BCUT2D eigenvalue weighted by molar-refractivity contribution is -0.383. The van der Waals surface area contributed by atoms with Crippen molar-refractivity contribution in [2.45, 2.75) is 0 Å². The fraction of sp³-hybridized carbons (Fsp3) is 0. The molecular formula is C9H7N3O3. The highest BCUT2D eigenvalue weighted by atomic mass is 16.6. The van der Waals surface area contributed by atoms with Crippen LogP contribution >= 0.6 is 0 Å². The average molecular weight is 205 g/mol. The molecule has 15 heavy (non-hydrogen) atoms. The topological polar surface area (TPSA) is 81.2 Å². The number of anilines is 2. The van der Waals surface area contributed by atoms with Gasteiger partial charge in [-0.3, -0.25) is 10.1 Å². The van der Waals surface area contributed by atoms with E-state index in [1.165, 1.54) is 12.3 Å². The minimum absolute atomic E-state index is 0.000463. The zero-order valence-electron chi connectivity index (χ0n) is 7.58. The number of hydrogen-bond acceptors (Lipinski definition) is 5. The summed E-state index contributed by atoms with van der Waals surface area (Å²) >= 11 is 0. The number of nitro benzene ring substituents is 1. The molecule has 0 aliphatic rings. The number of nitrogens with one attached hydrogen (secondary N) is 1. The van der Waals surface area contributed by atoms with E-state index in [9.17, 15) is 10.1 Å². The maximum Gasteiger partial charge on any atom is 0.292 e. The molecule has 0 saturated carbocycles. The van der Waals surface area contributed by atoms with Gasteiger partial charge in [0.2, 0.25) is 0 Å². The molecule has 0 fully saturated rings. The van der Waals surface area contributed by atoms with Crippen LogP contribution in [0.15, 0.2) is 41.1 Å². The second-order valence-corrected chi connectivity index (χ2v) is 2.78. The third-order valence-corrected chi connectivity index (χ3v) is 1.80. The SMILES string of the molecule is O=[N+]([O-])c1ccccc1Nc1ccon1. The van der Waals surface area contributed by atoms with E-state index in [0.29, 0.717) is 11.5 Å². The molecule has 6 heteroatoms. The minimum atomic E-state index is -0.456. The highest BCUT2D eigenvalue weighted by molar-refractivity contribution is 5.67. The molecule has 1 heterocycles. The lowest BCUT2D eigenvalue weighted by atomic mass is 10.2.